The predicted octanol–water partition coefficient (Wildman–Crippen LogP) is 25.3. The highest BCUT2D eigenvalue weighted by Gasteiger charge is 2.47. The summed E-state index contributed by atoms with van der Waals surface area (Å²) in [6.07, 6.45) is 0. The Kier molecular flexibility index (Phi) is 12.2. The molecule has 462 valence electrons. The summed E-state index contributed by atoms with van der Waals surface area (Å²) in [7, 11) is 0. The van der Waals surface area contributed by atoms with Crippen molar-refractivity contribution < 1.29 is 0 Å². The molecule has 0 radical (unpaired) electrons. The first kappa shape index (κ1) is 57.5. The third-order valence-corrected chi connectivity index (χ3v) is 23.7. The summed E-state index contributed by atoms with van der Waals surface area (Å²) in [5.74, 6) is 0. The van der Waals surface area contributed by atoms with E-state index in [1.165, 1.54) is 189 Å². The second-order valence-electron chi connectivity index (χ2n) is 30.3. The fraction of sp³-hybridized carbons (Fsp3) is 0.134. The van der Waals surface area contributed by atoms with Gasteiger partial charge in [0.1, 0.15) is 0 Å². The van der Waals surface area contributed by atoms with Crippen LogP contribution in [-0.4, -0.2) is 0 Å². The third kappa shape index (κ3) is 8.11. The van der Waals surface area contributed by atoms with Gasteiger partial charge in [-0.3, -0.25) is 0 Å². The molecule has 14 aromatic rings. The van der Waals surface area contributed by atoms with Gasteiger partial charge in [0.15, 0.2) is 0 Å². The Bertz CT molecular complexity index is 5360. The topological polar surface area (TPSA) is 0 Å². The number of hydrogen-bond acceptors (Lipinski definition) is 0. The molecular formula is C97H74. The Labute approximate surface area is 571 Å². The first-order valence-electron chi connectivity index (χ1n) is 34.8. The third-order valence-electron chi connectivity index (χ3n) is 23.7. The second-order valence-corrected chi connectivity index (χ2v) is 30.3. The van der Waals surface area contributed by atoms with E-state index in [1.54, 1.807) is 0 Å². The normalized spacial score (nSPS) is 15.6. The first-order valence-corrected chi connectivity index (χ1v) is 34.8. The zero-order valence-corrected chi connectivity index (χ0v) is 56.4. The van der Waals surface area contributed by atoms with Crippen LogP contribution in [0.2, 0.25) is 0 Å². The molecule has 0 aliphatic heterocycles. The van der Waals surface area contributed by atoms with Crippen LogP contribution in [0.15, 0.2) is 303 Å². The van der Waals surface area contributed by atoms with E-state index in [0.29, 0.717) is 0 Å². The van der Waals surface area contributed by atoms with Crippen LogP contribution < -0.4 is 0 Å². The van der Waals surface area contributed by atoms with Gasteiger partial charge in [0.2, 0.25) is 0 Å². The minimum Gasteiger partial charge on any atom is -0.0619 e. The van der Waals surface area contributed by atoms with Crippen LogP contribution in [0.4, 0.5) is 0 Å². The lowest BCUT2D eigenvalue weighted by molar-refractivity contribution is 0.660. The Morgan fingerprint density at radius 2 is 0.412 bits per heavy atom. The molecule has 0 fully saturated rings. The van der Waals surface area contributed by atoms with Crippen LogP contribution >= 0.6 is 0 Å². The molecule has 19 rings (SSSR count). The summed E-state index contributed by atoms with van der Waals surface area (Å²) in [6.45, 7) is 19.1. The summed E-state index contributed by atoms with van der Waals surface area (Å²) in [5.41, 5.74) is 42.6. The van der Waals surface area contributed by atoms with E-state index in [1.807, 2.05) is 0 Å². The average molecular weight is 1240 g/mol. The Hall–Kier alpha value is -10.9. The molecule has 0 unspecified atom stereocenters. The van der Waals surface area contributed by atoms with Gasteiger partial charge in [-0.15, -0.1) is 0 Å². The maximum Gasteiger partial charge on any atom is 0.0713 e. The summed E-state index contributed by atoms with van der Waals surface area (Å²) in [4.78, 5) is 0. The fourth-order valence-electron chi connectivity index (χ4n) is 18.9. The van der Waals surface area contributed by atoms with Crippen molar-refractivity contribution in [3.8, 4) is 122 Å². The molecule has 0 nitrogen and oxygen atoms in total. The fourth-order valence-corrected chi connectivity index (χ4v) is 18.9. The predicted molar refractivity (Wildman–Crippen MR) is 407 cm³/mol. The molecule has 0 aromatic heterocycles. The summed E-state index contributed by atoms with van der Waals surface area (Å²) in [6, 6.07) is 117. The van der Waals surface area contributed by atoms with Crippen LogP contribution in [0, 0.1) is 0 Å². The van der Waals surface area contributed by atoms with Crippen LogP contribution in [0.1, 0.15) is 122 Å². The molecule has 14 aromatic carbocycles. The molecule has 0 heteroatoms. The monoisotopic (exact) mass is 1240 g/mol. The van der Waals surface area contributed by atoms with Crippen molar-refractivity contribution in [3.63, 3.8) is 0 Å². The quantitative estimate of drug-likeness (QED) is 0.142. The number of benzene rings is 14. The highest BCUT2D eigenvalue weighted by molar-refractivity contribution is 5.98. The van der Waals surface area contributed by atoms with E-state index in [2.05, 4.69) is 359 Å². The number of rotatable bonds is 8. The van der Waals surface area contributed by atoms with Crippen LogP contribution in [0.25, 0.3) is 122 Å². The zero-order chi connectivity index (χ0) is 65.5. The van der Waals surface area contributed by atoms with E-state index in [9.17, 15) is 0 Å². The highest BCUT2D eigenvalue weighted by Crippen LogP contribution is 2.60. The number of hydrogen-bond donors (Lipinski definition) is 0. The van der Waals surface area contributed by atoms with Gasteiger partial charge in [0, 0.05) is 21.7 Å². The van der Waals surface area contributed by atoms with Crippen molar-refractivity contribution >= 4 is 0 Å². The molecule has 0 atom stereocenters. The second kappa shape index (κ2) is 20.6. The van der Waals surface area contributed by atoms with Crippen LogP contribution in [0.3, 0.4) is 0 Å². The van der Waals surface area contributed by atoms with Gasteiger partial charge in [0.05, 0.1) is 5.41 Å². The van der Waals surface area contributed by atoms with Crippen molar-refractivity contribution in [2.75, 3.05) is 0 Å². The van der Waals surface area contributed by atoms with Gasteiger partial charge < -0.3 is 0 Å². The summed E-state index contributed by atoms with van der Waals surface area (Å²) >= 11 is 0. The van der Waals surface area contributed by atoms with Crippen molar-refractivity contribution in [2.24, 2.45) is 0 Å². The largest absolute Gasteiger partial charge is 0.0713 e. The molecule has 0 amide bonds. The Morgan fingerprint density at radius 1 is 0.155 bits per heavy atom. The van der Waals surface area contributed by atoms with Crippen LogP contribution in [-0.2, 0) is 27.1 Å². The summed E-state index contributed by atoms with van der Waals surface area (Å²) in [5, 5.41) is 0. The minimum atomic E-state index is -0.688. The van der Waals surface area contributed by atoms with Crippen molar-refractivity contribution in [2.45, 2.75) is 82.5 Å². The van der Waals surface area contributed by atoms with Gasteiger partial charge in [-0.2, -0.15) is 0 Å². The van der Waals surface area contributed by atoms with E-state index >= 15 is 0 Å². The maximum absolute atomic E-state index is 2.53. The van der Waals surface area contributed by atoms with E-state index in [0.717, 1.165) is 0 Å². The lowest BCUT2D eigenvalue weighted by Crippen LogP contribution is -2.28. The van der Waals surface area contributed by atoms with E-state index in [4.69, 9.17) is 0 Å². The SMILES string of the molecule is CC1(C)c2ccccc2-c2ccc(-c3cc(-c4cccc(C5(c6cccc(-c7cc(-c8ccc9c(c8)C(C)(C)c8ccccc8-9)cc(-c8cccc9c8-c8ccccc8C9(C)C)c7)c6)c6ccccc6-c6ccccc65)c4)cc(-c4cccc5c4-c4ccccc4C5(C)C)c3)cc21. The molecule has 5 aliphatic rings. The molecule has 0 spiro atoms. The van der Waals surface area contributed by atoms with Gasteiger partial charge in [-0.25, -0.2) is 0 Å². The van der Waals surface area contributed by atoms with Crippen molar-refractivity contribution in [1.82, 2.24) is 0 Å². The molecule has 5 aliphatic carbocycles. The molecule has 0 saturated carbocycles. The Morgan fingerprint density at radius 3 is 0.794 bits per heavy atom. The van der Waals surface area contributed by atoms with Crippen molar-refractivity contribution in [1.29, 1.82) is 0 Å². The van der Waals surface area contributed by atoms with E-state index < -0.39 is 5.41 Å². The molecule has 0 saturated heterocycles. The minimum absolute atomic E-state index is 0.138. The van der Waals surface area contributed by atoms with Gasteiger partial charge >= 0.3 is 0 Å². The summed E-state index contributed by atoms with van der Waals surface area (Å²) < 4.78 is 0. The molecular weight excluding hydrogens is 1170 g/mol. The lowest BCUT2D eigenvalue weighted by Gasteiger charge is -2.34. The average Bonchev–Trinajstić information content (AvgIpc) is 1.57. The zero-order valence-electron chi connectivity index (χ0n) is 56.4. The smallest absolute Gasteiger partial charge is 0.0619 e. The molecule has 0 N–H and O–H groups in total. The Balaban J connectivity index is 0.815. The van der Waals surface area contributed by atoms with Crippen molar-refractivity contribution in [3.05, 3.63) is 370 Å². The van der Waals surface area contributed by atoms with E-state index in [-0.39, 0.29) is 21.7 Å². The van der Waals surface area contributed by atoms with Gasteiger partial charge in [0.25, 0.3) is 0 Å². The first-order chi connectivity index (χ1) is 47.1. The molecule has 97 heavy (non-hydrogen) atoms. The number of fused-ring (bicyclic) bond motifs is 15. The highest BCUT2D eigenvalue weighted by atomic mass is 14.5. The molecule has 0 bridgehead atoms. The standard InChI is InChI=1S/C97H74/c1-93(2)83-39-17-13-33-79(83)91-71(35-23-43-87(91)93)67-51-63(49-65(53-67)61-45-47-77-73-29-9-15-37-81(73)95(5,6)89(77)57-61)59-25-21-27-69(55-59)97(85-41-19-11-31-75(85)76-32-12-20-42-86(76)97)70-28-22-26-60(56-70)64-50-66(62-46-48-78-74-30-10-16-38-82(74)96(7,8)90(78)58-62)54-68(52-64)72-36-24-44-88-92(72)80-34-14-18-40-84(80)94(88,3)4/h9-58H,1-8H3. The maximum atomic E-state index is 2.53. The van der Waals surface area contributed by atoms with Crippen LogP contribution in [0.5, 0.6) is 0 Å². The lowest BCUT2D eigenvalue weighted by atomic mass is 9.67. The van der Waals surface area contributed by atoms with Gasteiger partial charge in [-0.05, 0) is 250 Å². The molecule has 0 heterocycles. The van der Waals surface area contributed by atoms with Gasteiger partial charge in [-0.1, -0.05) is 298 Å².